The lowest BCUT2D eigenvalue weighted by molar-refractivity contribution is 0.590. The molecule has 0 unspecified atom stereocenters. The largest absolute Gasteiger partial charge is 0.384 e. The van der Waals surface area contributed by atoms with Crippen molar-refractivity contribution in [3.05, 3.63) is 58.1 Å². The van der Waals surface area contributed by atoms with Crippen LogP contribution in [0.5, 0.6) is 0 Å². The van der Waals surface area contributed by atoms with Gasteiger partial charge in [-0.25, -0.2) is 0 Å². The minimum absolute atomic E-state index is 0.0850. The molecule has 0 atom stereocenters. The second-order valence-corrected chi connectivity index (χ2v) is 7.91. The number of nitrogens with one attached hydrogen (secondary N) is 1. The van der Waals surface area contributed by atoms with Crippen LogP contribution in [-0.2, 0) is 5.41 Å². The third-order valence-electron chi connectivity index (χ3n) is 3.19. The standard InChI is InChI=1S/C17H19BrN2S/c1-17(2,3)12-5-7-13(8-6-12)21-15-9-4-11(16(19)20)10-14(15)18/h4-10H,1-3H3,(H3,19,20). The van der Waals surface area contributed by atoms with Gasteiger partial charge in [-0.1, -0.05) is 50.7 Å². The van der Waals surface area contributed by atoms with Crippen LogP contribution in [0.1, 0.15) is 31.9 Å². The van der Waals surface area contributed by atoms with Gasteiger partial charge < -0.3 is 5.73 Å². The van der Waals surface area contributed by atoms with E-state index in [2.05, 4.69) is 61.0 Å². The molecule has 110 valence electrons. The Morgan fingerprint density at radius 3 is 2.19 bits per heavy atom. The third kappa shape index (κ3) is 4.11. The van der Waals surface area contributed by atoms with Crippen LogP contribution >= 0.6 is 27.7 Å². The van der Waals surface area contributed by atoms with Crippen molar-refractivity contribution in [3.63, 3.8) is 0 Å². The number of amidine groups is 1. The molecule has 0 amide bonds. The van der Waals surface area contributed by atoms with E-state index in [-0.39, 0.29) is 11.3 Å². The number of benzene rings is 2. The van der Waals surface area contributed by atoms with Crippen molar-refractivity contribution < 1.29 is 0 Å². The lowest BCUT2D eigenvalue weighted by Crippen LogP contribution is -2.10. The molecule has 0 radical (unpaired) electrons. The highest BCUT2D eigenvalue weighted by Gasteiger charge is 2.13. The molecule has 0 aliphatic rings. The third-order valence-corrected chi connectivity index (χ3v) is 5.19. The zero-order valence-electron chi connectivity index (χ0n) is 12.4. The minimum Gasteiger partial charge on any atom is -0.384 e. The first-order chi connectivity index (χ1) is 9.77. The SMILES string of the molecule is CC(C)(C)c1ccc(Sc2ccc(C(=N)N)cc2Br)cc1. The molecule has 0 spiro atoms. The minimum atomic E-state index is 0.0850. The zero-order chi connectivity index (χ0) is 15.6. The first kappa shape index (κ1) is 16.1. The van der Waals surface area contributed by atoms with E-state index in [0.717, 1.165) is 14.9 Å². The second-order valence-electron chi connectivity index (χ2n) is 5.94. The van der Waals surface area contributed by atoms with Crippen LogP contribution in [0, 0.1) is 5.41 Å². The highest BCUT2D eigenvalue weighted by Crippen LogP contribution is 2.35. The van der Waals surface area contributed by atoms with Crippen LogP contribution in [0.2, 0.25) is 0 Å². The van der Waals surface area contributed by atoms with E-state index in [9.17, 15) is 0 Å². The number of hydrogen-bond acceptors (Lipinski definition) is 2. The molecule has 2 aromatic carbocycles. The molecule has 0 saturated heterocycles. The van der Waals surface area contributed by atoms with Gasteiger partial charge in [0.2, 0.25) is 0 Å². The average molecular weight is 363 g/mol. The molecule has 0 aliphatic heterocycles. The molecule has 4 heteroatoms. The van der Waals surface area contributed by atoms with Crippen LogP contribution in [0.4, 0.5) is 0 Å². The maximum absolute atomic E-state index is 7.46. The van der Waals surface area contributed by atoms with Crippen molar-refractivity contribution in [2.24, 2.45) is 5.73 Å². The molecule has 2 nitrogen and oxygen atoms in total. The highest BCUT2D eigenvalue weighted by atomic mass is 79.9. The highest BCUT2D eigenvalue weighted by molar-refractivity contribution is 9.10. The zero-order valence-corrected chi connectivity index (χ0v) is 14.8. The molecule has 0 saturated carbocycles. The number of nitrogen functional groups attached to an aromatic ring is 1. The number of nitrogens with two attached hydrogens (primary N) is 1. The summed E-state index contributed by atoms with van der Waals surface area (Å²) < 4.78 is 0.958. The Balaban J connectivity index is 2.20. The first-order valence-electron chi connectivity index (χ1n) is 6.70. The normalized spacial score (nSPS) is 11.4. The van der Waals surface area contributed by atoms with Crippen molar-refractivity contribution in [2.75, 3.05) is 0 Å². The van der Waals surface area contributed by atoms with Gasteiger partial charge in [-0.05, 0) is 51.2 Å². The van der Waals surface area contributed by atoms with Gasteiger partial charge in [0, 0.05) is 19.8 Å². The maximum Gasteiger partial charge on any atom is 0.122 e. The van der Waals surface area contributed by atoms with Crippen LogP contribution in [0.15, 0.2) is 56.7 Å². The van der Waals surface area contributed by atoms with Gasteiger partial charge in [-0.15, -0.1) is 0 Å². The first-order valence-corrected chi connectivity index (χ1v) is 8.30. The lowest BCUT2D eigenvalue weighted by Gasteiger charge is -2.19. The van der Waals surface area contributed by atoms with E-state index in [1.165, 1.54) is 10.5 Å². The van der Waals surface area contributed by atoms with E-state index in [1.54, 1.807) is 11.8 Å². The molecule has 2 rings (SSSR count). The molecule has 0 aliphatic carbocycles. The van der Waals surface area contributed by atoms with Gasteiger partial charge in [-0.2, -0.15) is 0 Å². The van der Waals surface area contributed by atoms with Crippen LogP contribution < -0.4 is 5.73 Å². The average Bonchev–Trinajstić information content (AvgIpc) is 2.40. The summed E-state index contributed by atoms with van der Waals surface area (Å²) in [5.41, 5.74) is 7.73. The Bertz CT molecular complexity index is 657. The molecule has 0 heterocycles. The molecule has 0 bridgehead atoms. The predicted molar refractivity (Wildman–Crippen MR) is 94.4 cm³/mol. The van der Waals surface area contributed by atoms with Crippen molar-refractivity contribution in [2.45, 2.75) is 36.0 Å². The summed E-state index contributed by atoms with van der Waals surface area (Å²) in [6.45, 7) is 6.64. The van der Waals surface area contributed by atoms with Crippen LogP contribution in [-0.4, -0.2) is 5.84 Å². The fourth-order valence-corrected chi connectivity index (χ4v) is 3.34. The summed E-state index contributed by atoms with van der Waals surface area (Å²) in [5, 5.41) is 7.46. The number of hydrogen-bond donors (Lipinski definition) is 2. The van der Waals surface area contributed by atoms with Gasteiger partial charge in [0.25, 0.3) is 0 Å². The fraction of sp³-hybridized carbons (Fsp3) is 0.235. The summed E-state index contributed by atoms with van der Waals surface area (Å²) in [5.74, 6) is 0.0850. The van der Waals surface area contributed by atoms with Gasteiger partial charge in [-0.3, -0.25) is 5.41 Å². The van der Waals surface area contributed by atoms with Gasteiger partial charge in [0.1, 0.15) is 5.84 Å². The van der Waals surface area contributed by atoms with Crippen molar-refractivity contribution in [3.8, 4) is 0 Å². The fourth-order valence-electron chi connectivity index (χ4n) is 1.90. The van der Waals surface area contributed by atoms with Crippen molar-refractivity contribution in [1.82, 2.24) is 0 Å². The summed E-state index contributed by atoms with van der Waals surface area (Å²) in [6, 6.07) is 14.4. The molecular weight excluding hydrogens is 344 g/mol. The monoisotopic (exact) mass is 362 g/mol. The van der Waals surface area contributed by atoms with E-state index in [0.29, 0.717) is 0 Å². The second kappa shape index (κ2) is 6.24. The van der Waals surface area contributed by atoms with Gasteiger partial charge in [0.05, 0.1) is 0 Å². The summed E-state index contributed by atoms with van der Waals surface area (Å²) in [7, 11) is 0. The summed E-state index contributed by atoms with van der Waals surface area (Å²) >= 11 is 5.24. The predicted octanol–water partition coefficient (Wildman–Crippen LogP) is 5.18. The Hall–Kier alpha value is -1.26. The van der Waals surface area contributed by atoms with Crippen molar-refractivity contribution >= 4 is 33.5 Å². The maximum atomic E-state index is 7.46. The lowest BCUT2D eigenvalue weighted by atomic mass is 9.87. The van der Waals surface area contributed by atoms with E-state index in [4.69, 9.17) is 11.1 Å². The Morgan fingerprint density at radius 1 is 1.10 bits per heavy atom. The van der Waals surface area contributed by atoms with Crippen LogP contribution in [0.25, 0.3) is 0 Å². The summed E-state index contributed by atoms with van der Waals surface area (Å²) in [4.78, 5) is 2.31. The smallest absolute Gasteiger partial charge is 0.122 e. The molecule has 2 aromatic rings. The molecule has 0 aromatic heterocycles. The molecule has 3 N–H and O–H groups in total. The topological polar surface area (TPSA) is 49.9 Å². The Labute approximate surface area is 138 Å². The molecule has 21 heavy (non-hydrogen) atoms. The van der Waals surface area contributed by atoms with E-state index < -0.39 is 0 Å². The van der Waals surface area contributed by atoms with Gasteiger partial charge >= 0.3 is 0 Å². The quantitative estimate of drug-likeness (QED) is 0.583. The van der Waals surface area contributed by atoms with E-state index >= 15 is 0 Å². The van der Waals surface area contributed by atoms with E-state index in [1.807, 2.05) is 18.2 Å². The molecular formula is C17H19BrN2S. The molecule has 0 fully saturated rings. The van der Waals surface area contributed by atoms with Crippen molar-refractivity contribution in [1.29, 1.82) is 5.41 Å². The number of halogens is 1. The summed E-state index contributed by atoms with van der Waals surface area (Å²) in [6.07, 6.45) is 0. The van der Waals surface area contributed by atoms with Crippen LogP contribution in [0.3, 0.4) is 0 Å². The Kier molecular flexibility index (Phi) is 4.79. The number of rotatable bonds is 3. The Morgan fingerprint density at radius 2 is 1.71 bits per heavy atom. The van der Waals surface area contributed by atoms with Gasteiger partial charge in [0.15, 0.2) is 0 Å².